The zero-order valence-electron chi connectivity index (χ0n) is 11.4. The number of amides is 1. The second-order valence-electron chi connectivity index (χ2n) is 4.87. The lowest BCUT2D eigenvalue weighted by atomic mass is 10.1. The number of aryl methyl sites for hydroxylation is 2. The van der Waals surface area contributed by atoms with E-state index in [0.29, 0.717) is 0 Å². The first kappa shape index (κ1) is 12.9. The molecule has 2 aromatic carbocycles. The van der Waals surface area contributed by atoms with E-state index in [1.165, 1.54) is 5.56 Å². The second kappa shape index (κ2) is 5.10. The van der Waals surface area contributed by atoms with Gasteiger partial charge in [0.05, 0.1) is 4.88 Å². The molecule has 0 aliphatic heterocycles. The number of rotatable bonds is 2. The standard InChI is InChI=1S/C17H15NOS/c1-11-7-9-13(10-8-11)18-17(19)16-12(2)14-5-3-4-6-15(14)20-16/h3-10H,1-2H3,(H,18,19). The molecule has 0 spiro atoms. The lowest BCUT2D eigenvalue weighted by molar-refractivity contribution is 0.103. The molecule has 0 saturated carbocycles. The molecule has 2 nitrogen and oxygen atoms in total. The Bertz CT molecular complexity index is 771. The van der Waals surface area contributed by atoms with E-state index in [-0.39, 0.29) is 5.91 Å². The molecule has 20 heavy (non-hydrogen) atoms. The Balaban J connectivity index is 1.92. The summed E-state index contributed by atoms with van der Waals surface area (Å²) in [6.45, 7) is 4.03. The highest BCUT2D eigenvalue weighted by molar-refractivity contribution is 7.21. The van der Waals surface area contributed by atoms with Crippen molar-refractivity contribution in [2.75, 3.05) is 5.32 Å². The predicted octanol–water partition coefficient (Wildman–Crippen LogP) is 4.77. The summed E-state index contributed by atoms with van der Waals surface area (Å²) >= 11 is 1.54. The molecule has 3 rings (SSSR count). The molecular formula is C17H15NOS. The molecule has 0 bridgehead atoms. The fraction of sp³-hybridized carbons (Fsp3) is 0.118. The van der Waals surface area contributed by atoms with Crippen molar-refractivity contribution in [2.24, 2.45) is 0 Å². The van der Waals surface area contributed by atoms with Gasteiger partial charge in [0.25, 0.3) is 5.91 Å². The summed E-state index contributed by atoms with van der Waals surface area (Å²) in [5.74, 6) is -0.0347. The summed E-state index contributed by atoms with van der Waals surface area (Å²) in [6.07, 6.45) is 0. The molecule has 0 aliphatic rings. The molecule has 1 N–H and O–H groups in total. The predicted molar refractivity (Wildman–Crippen MR) is 85.7 cm³/mol. The lowest BCUT2D eigenvalue weighted by Crippen LogP contribution is -2.11. The normalized spacial score (nSPS) is 10.7. The van der Waals surface area contributed by atoms with Gasteiger partial charge in [-0.05, 0) is 43.0 Å². The van der Waals surface area contributed by atoms with Crippen LogP contribution in [0, 0.1) is 13.8 Å². The number of carbonyl (C=O) groups excluding carboxylic acids is 1. The number of anilines is 1. The highest BCUT2D eigenvalue weighted by Crippen LogP contribution is 2.31. The molecule has 3 aromatic rings. The number of carbonyl (C=O) groups is 1. The van der Waals surface area contributed by atoms with Gasteiger partial charge in [0, 0.05) is 10.4 Å². The monoisotopic (exact) mass is 281 g/mol. The average molecular weight is 281 g/mol. The third-order valence-electron chi connectivity index (χ3n) is 3.36. The maximum atomic E-state index is 12.4. The Morgan fingerprint density at radius 3 is 2.40 bits per heavy atom. The summed E-state index contributed by atoms with van der Waals surface area (Å²) in [4.78, 5) is 13.2. The Kier molecular flexibility index (Phi) is 3.28. The first-order chi connectivity index (χ1) is 9.65. The van der Waals surface area contributed by atoms with Crippen LogP contribution in [0.3, 0.4) is 0 Å². The van der Waals surface area contributed by atoms with Crippen LogP contribution in [0.5, 0.6) is 0 Å². The van der Waals surface area contributed by atoms with Gasteiger partial charge in [0.15, 0.2) is 0 Å². The molecule has 0 aliphatic carbocycles. The van der Waals surface area contributed by atoms with Crippen LogP contribution in [0.1, 0.15) is 20.8 Å². The topological polar surface area (TPSA) is 29.1 Å². The van der Waals surface area contributed by atoms with Crippen molar-refractivity contribution in [2.45, 2.75) is 13.8 Å². The molecular weight excluding hydrogens is 266 g/mol. The number of hydrogen-bond acceptors (Lipinski definition) is 2. The van der Waals surface area contributed by atoms with Gasteiger partial charge in [-0.25, -0.2) is 0 Å². The van der Waals surface area contributed by atoms with Gasteiger partial charge in [-0.1, -0.05) is 35.9 Å². The van der Waals surface area contributed by atoms with E-state index >= 15 is 0 Å². The maximum Gasteiger partial charge on any atom is 0.266 e. The van der Waals surface area contributed by atoms with Gasteiger partial charge in [-0.3, -0.25) is 4.79 Å². The minimum absolute atomic E-state index is 0.0347. The Labute approximate surface area is 122 Å². The highest BCUT2D eigenvalue weighted by atomic mass is 32.1. The summed E-state index contributed by atoms with van der Waals surface area (Å²) in [6, 6.07) is 16.0. The van der Waals surface area contributed by atoms with Crippen LogP contribution in [0.25, 0.3) is 10.1 Å². The van der Waals surface area contributed by atoms with Crippen molar-refractivity contribution in [3.05, 3.63) is 64.5 Å². The average Bonchev–Trinajstić information content (AvgIpc) is 2.79. The van der Waals surface area contributed by atoms with E-state index in [9.17, 15) is 4.79 Å². The molecule has 3 heteroatoms. The van der Waals surface area contributed by atoms with Gasteiger partial charge >= 0.3 is 0 Å². The third-order valence-corrected chi connectivity index (χ3v) is 4.63. The minimum Gasteiger partial charge on any atom is -0.321 e. The zero-order valence-corrected chi connectivity index (χ0v) is 12.3. The van der Waals surface area contributed by atoms with Crippen molar-refractivity contribution < 1.29 is 4.79 Å². The molecule has 0 atom stereocenters. The molecule has 1 amide bonds. The summed E-state index contributed by atoms with van der Waals surface area (Å²) in [5.41, 5.74) is 3.06. The van der Waals surface area contributed by atoms with Crippen molar-refractivity contribution in [1.82, 2.24) is 0 Å². The Morgan fingerprint density at radius 1 is 1.00 bits per heavy atom. The third kappa shape index (κ3) is 2.32. The number of benzene rings is 2. The summed E-state index contributed by atoms with van der Waals surface area (Å²) in [7, 11) is 0. The maximum absolute atomic E-state index is 12.4. The van der Waals surface area contributed by atoms with E-state index in [4.69, 9.17) is 0 Å². The van der Waals surface area contributed by atoms with Crippen LogP contribution >= 0.6 is 11.3 Å². The number of hydrogen-bond donors (Lipinski definition) is 1. The first-order valence-corrected chi connectivity index (χ1v) is 7.33. The second-order valence-corrected chi connectivity index (χ2v) is 5.92. The van der Waals surface area contributed by atoms with Crippen LogP contribution in [-0.2, 0) is 0 Å². The Morgan fingerprint density at radius 2 is 1.70 bits per heavy atom. The number of nitrogens with one attached hydrogen (secondary N) is 1. The molecule has 100 valence electrons. The van der Waals surface area contributed by atoms with Crippen LogP contribution in [-0.4, -0.2) is 5.91 Å². The largest absolute Gasteiger partial charge is 0.321 e. The van der Waals surface area contributed by atoms with E-state index < -0.39 is 0 Å². The lowest BCUT2D eigenvalue weighted by Gasteiger charge is -2.04. The van der Waals surface area contributed by atoms with Gasteiger partial charge in [0.2, 0.25) is 0 Å². The van der Waals surface area contributed by atoms with Crippen molar-refractivity contribution in [1.29, 1.82) is 0 Å². The fourth-order valence-corrected chi connectivity index (χ4v) is 3.32. The minimum atomic E-state index is -0.0347. The van der Waals surface area contributed by atoms with Crippen LogP contribution < -0.4 is 5.32 Å². The highest BCUT2D eigenvalue weighted by Gasteiger charge is 2.15. The molecule has 1 heterocycles. The van der Waals surface area contributed by atoms with Crippen LogP contribution in [0.2, 0.25) is 0 Å². The van der Waals surface area contributed by atoms with E-state index in [1.807, 2.05) is 50.2 Å². The van der Waals surface area contributed by atoms with Crippen molar-refractivity contribution in [3.63, 3.8) is 0 Å². The molecule has 0 saturated heterocycles. The van der Waals surface area contributed by atoms with Crippen LogP contribution in [0.15, 0.2) is 48.5 Å². The smallest absolute Gasteiger partial charge is 0.266 e. The molecule has 0 unspecified atom stereocenters. The van der Waals surface area contributed by atoms with Crippen molar-refractivity contribution >= 4 is 33.0 Å². The van der Waals surface area contributed by atoms with Crippen molar-refractivity contribution in [3.8, 4) is 0 Å². The van der Waals surface area contributed by atoms with E-state index in [1.54, 1.807) is 11.3 Å². The molecule has 0 fully saturated rings. The summed E-state index contributed by atoms with van der Waals surface area (Å²) < 4.78 is 1.15. The SMILES string of the molecule is Cc1ccc(NC(=O)c2sc3ccccc3c2C)cc1. The van der Waals surface area contributed by atoms with Gasteiger partial charge in [-0.2, -0.15) is 0 Å². The van der Waals surface area contributed by atoms with Gasteiger partial charge < -0.3 is 5.32 Å². The summed E-state index contributed by atoms with van der Waals surface area (Å²) in [5, 5.41) is 4.12. The van der Waals surface area contributed by atoms with Crippen LogP contribution in [0.4, 0.5) is 5.69 Å². The quantitative estimate of drug-likeness (QED) is 0.720. The zero-order chi connectivity index (χ0) is 14.1. The Hall–Kier alpha value is -2.13. The first-order valence-electron chi connectivity index (χ1n) is 6.51. The number of fused-ring (bicyclic) bond motifs is 1. The van der Waals surface area contributed by atoms with E-state index in [0.717, 1.165) is 26.2 Å². The van der Waals surface area contributed by atoms with E-state index in [2.05, 4.69) is 17.4 Å². The van der Waals surface area contributed by atoms with Gasteiger partial charge in [-0.15, -0.1) is 11.3 Å². The molecule has 0 radical (unpaired) electrons. The number of thiophene rings is 1. The fourth-order valence-electron chi connectivity index (χ4n) is 2.22. The molecule has 1 aromatic heterocycles. The van der Waals surface area contributed by atoms with Gasteiger partial charge in [0.1, 0.15) is 0 Å².